The Balaban J connectivity index is 2.37. The van der Waals surface area contributed by atoms with Crippen LogP contribution in [0.3, 0.4) is 0 Å². The first kappa shape index (κ1) is 17.1. The van der Waals surface area contributed by atoms with Crippen LogP contribution < -0.4 is 5.32 Å². The molecule has 0 aliphatic carbocycles. The average molecular weight is 297 g/mol. The Labute approximate surface area is 124 Å². The van der Waals surface area contributed by atoms with Crippen LogP contribution in [0.1, 0.15) is 58.2 Å². The Morgan fingerprint density at radius 1 is 1.29 bits per heavy atom. The first-order valence-electron chi connectivity index (χ1n) is 7.16. The molecule has 1 amide bonds. The fraction of sp³-hybridized carbons (Fsp3) is 0.714. The maximum Gasteiger partial charge on any atom is 0.303 e. The van der Waals surface area contributed by atoms with Gasteiger partial charge in [-0.05, 0) is 26.7 Å². The molecule has 1 rings (SSSR count). The Morgan fingerprint density at radius 2 is 2.00 bits per heavy atom. The third-order valence-corrected chi connectivity index (χ3v) is 2.99. The van der Waals surface area contributed by atoms with Gasteiger partial charge in [0.05, 0.1) is 0 Å². The molecular formula is C14H23N3O4. The predicted molar refractivity (Wildman–Crippen MR) is 75.7 cm³/mol. The topological polar surface area (TPSA) is 105 Å². The van der Waals surface area contributed by atoms with Crippen LogP contribution in [0.15, 0.2) is 4.52 Å². The zero-order valence-electron chi connectivity index (χ0n) is 12.8. The quantitative estimate of drug-likeness (QED) is 0.719. The van der Waals surface area contributed by atoms with Crippen molar-refractivity contribution in [2.75, 3.05) is 0 Å². The molecule has 0 fully saturated rings. The molecule has 0 spiro atoms. The number of carbonyl (C=O) groups excluding carboxylic acids is 1. The average Bonchev–Trinajstić information content (AvgIpc) is 2.82. The summed E-state index contributed by atoms with van der Waals surface area (Å²) in [6.07, 6.45) is 2.74. The van der Waals surface area contributed by atoms with Gasteiger partial charge in [-0.15, -0.1) is 0 Å². The van der Waals surface area contributed by atoms with E-state index in [1.54, 1.807) is 13.8 Å². The van der Waals surface area contributed by atoms with Crippen molar-refractivity contribution in [1.29, 1.82) is 0 Å². The molecule has 0 saturated carbocycles. The Hall–Kier alpha value is -1.92. The summed E-state index contributed by atoms with van der Waals surface area (Å²) in [6.45, 7) is 5.64. The van der Waals surface area contributed by atoms with Crippen LogP contribution in [0, 0.1) is 0 Å². The second-order valence-electron chi connectivity index (χ2n) is 5.68. The monoisotopic (exact) mass is 297 g/mol. The molecular weight excluding hydrogens is 274 g/mol. The Kier molecular flexibility index (Phi) is 6.33. The summed E-state index contributed by atoms with van der Waals surface area (Å²) < 4.78 is 5.06. The molecule has 0 radical (unpaired) electrons. The third kappa shape index (κ3) is 6.87. The number of hydrogen-bond acceptors (Lipinski definition) is 5. The number of amides is 1. The van der Waals surface area contributed by atoms with Crippen molar-refractivity contribution in [2.24, 2.45) is 0 Å². The summed E-state index contributed by atoms with van der Waals surface area (Å²) in [5.41, 5.74) is -0.544. The molecule has 7 heteroatoms. The lowest BCUT2D eigenvalue weighted by Crippen LogP contribution is -2.43. The van der Waals surface area contributed by atoms with Gasteiger partial charge in [0.1, 0.15) is 0 Å². The first-order valence-corrected chi connectivity index (χ1v) is 7.16. The van der Waals surface area contributed by atoms with E-state index in [0.717, 1.165) is 12.8 Å². The van der Waals surface area contributed by atoms with E-state index in [9.17, 15) is 9.59 Å². The van der Waals surface area contributed by atoms with Gasteiger partial charge in [-0.1, -0.05) is 12.1 Å². The maximum atomic E-state index is 11.9. The molecule has 2 N–H and O–H groups in total. The molecule has 0 bridgehead atoms. The van der Waals surface area contributed by atoms with E-state index >= 15 is 0 Å². The number of aryl methyl sites for hydroxylation is 2. The molecule has 1 aromatic rings. The minimum Gasteiger partial charge on any atom is -0.481 e. The highest BCUT2D eigenvalue weighted by Gasteiger charge is 2.21. The van der Waals surface area contributed by atoms with E-state index in [-0.39, 0.29) is 18.7 Å². The Morgan fingerprint density at radius 3 is 2.62 bits per heavy atom. The smallest absolute Gasteiger partial charge is 0.303 e. The van der Waals surface area contributed by atoms with Crippen molar-refractivity contribution in [3.05, 3.63) is 11.7 Å². The van der Waals surface area contributed by atoms with Gasteiger partial charge in [-0.3, -0.25) is 9.59 Å². The highest BCUT2D eigenvalue weighted by Crippen LogP contribution is 2.12. The van der Waals surface area contributed by atoms with Gasteiger partial charge >= 0.3 is 5.97 Å². The Bertz CT molecular complexity index is 482. The summed E-state index contributed by atoms with van der Waals surface area (Å²) in [4.78, 5) is 26.6. The first-order chi connectivity index (χ1) is 9.82. The van der Waals surface area contributed by atoms with Crippen molar-refractivity contribution in [1.82, 2.24) is 15.5 Å². The highest BCUT2D eigenvalue weighted by atomic mass is 16.5. The van der Waals surface area contributed by atoms with Crippen molar-refractivity contribution in [3.8, 4) is 0 Å². The lowest BCUT2D eigenvalue weighted by molar-refractivity contribution is -0.137. The minimum absolute atomic E-state index is 0.0251. The zero-order chi connectivity index (χ0) is 15.9. The number of carboxylic acid groups (broad SMARTS) is 1. The molecule has 0 aromatic carbocycles. The van der Waals surface area contributed by atoms with Gasteiger partial charge in [0.2, 0.25) is 11.8 Å². The molecule has 0 aliphatic rings. The maximum absolute atomic E-state index is 11.9. The highest BCUT2D eigenvalue weighted by molar-refractivity contribution is 5.77. The third-order valence-electron chi connectivity index (χ3n) is 2.99. The van der Waals surface area contributed by atoms with Crippen LogP contribution in [0.2, 0.25) is 0 Å². The van der Waals surface area contributed by atoms with Crippen molar-refractivity contribution in [3.63, 3.8) is 0 Å². The van der Waals surface area contributed by atoms with E-state index in [1.807, 2.05) is 6.92 Å². The molecule has 0 atom stereocenters. The normalized spacial score (nSPS) is 11.4. The summed E-state index contributed by atoms with van der Waals surface area (Å²) in [5.74, 6) is 0.0962. The van der Waals surface area contributed by atoms with Crippen LogP contribution in [0.25, 0.3) is 0 Å². The van der Waals surface area contributed by atoms with E-state index in [4.69, 9.17) is 9.63 Å². The van der Waals surface area contributed by atoms with Crippen LogP contribution >= 0.6 is 0 Å². The summed E-state index contributed by atoms with van der Waals surface area (Å²) in [5, 5.41) is 15.3. The molecule has 0 unspecified atom stereocenters. The molecule has 7 nitrogen and oxygen atoms in total. The molecule has 118 valence electrons. The lowest BCUT2D eigenvalue weighted by atomic mass is 9.98. The minimum atomic E-state index is -0.869. The van der Waals surface area contributed by atoms with Gasteiger partial charge in [0, 0.05) is 31.2 Å². The predicted octanol–water partition coefficient (Wildman–Crippen LogP) is 1.71. The van der Waals surface area contributed by atoms with E-state index in [0.29, 0.717) is 24.6 Å². The molecule has 21 heavy (non-hydrogen) atoms. The molecule has 0 saturated heterocycles. The molecule has 0 aliphatic heterocycles. The van der Waals surface area contributed by atoms with E-state index in [2.05, 4.69) is 15.5 Å². The number of nitrogens with zero attached hydrogens (tertiary/aromatic N) is 2. The van der Waals surface area contributed by atoms with Gasteiger partial charge in [0.15, 0.2) is 5.82 Å². The van der Waals surface area contributed by atoms with Crippen LogP contribution in [0.5, 0.6) is 0 Å². The standard InChI is InChI=1S/C14H23N3O4/c1-4-5-10-15-12(21-17-10)7-6-11(18)16-14(2,3)9-8-13(19)20/h4-9H2,1-3H3,(H,16,18)(H,19,20). The summed E-state index contributed by atoms with van der Waals surface area (Å²) >= 11 is 0. The van der Waals surface area contributed by atoms with E-state index < -0.39 is 11.5 Å². The van der Waals surface area contributed by atoms with Gasteiger partial charge < -0.3 is 14.9 Å². The summed E-state index contributed by atoms with van der Waals surface area (Å²) in [6, 6.07) is 0. The van der Waals surface area contributed by atoms with Gasteiger partial charge in [-0.25, -0.2) is 0 Å². The number of aromatic nitrogens is 2. The number of rotatable bonds is 9. The van der Waals surface area contributed by atoms with Crippen molar-refractivity contribution in [2.45, 2.75) is 64.8 Å². The lowest BCUT2D eigenvalue weighted by Gasteiger charge is -2.25. The fourth-order valence-electron chi connectivity index (χ4n) is 1.86. The van der Waals surface area contributed by atoms with E-state index in [1.165, 1.54) is 0 Å². The number of carboxylic acids is 1. The van der Waals surface area contributed by atoms with Gasteiger partial charge in [-0.2, -0.15) is 4.98 Å². The second kappa shape index (κ2) is 7.75. The number of aliphatic carboxylic acids is 1. The fourth-order valence-corrected chi connectivity index (χ4v) is 1.86. The number of carbonyl (C=O) groups is 2. The van der Waals surface area contributed by atoms with Crippen molar-refractivity contribution >= 4 is 11.9 Å². The molecule has 1 aromatic heterocycles. The SMILES string of the molecule is CCCc1noc(CCC(=O)NC(C)(C)CCC(=O)O)n1. The van der Waals surface area contributed by atoms with Crippen molar-refractivity contribution < 1.29 is 19.2 Å². The van der Waals surface area contributed by atoms with Gasteiger partial charge in [0.25, 0.3) is 0 Å². The largest absolute Gasteiger partial charge is 0.481 e. The second-order valence-corrected chi connectivity index (χ2v) is 5.68. The number of hydrogen-bond donors (Lipinski definition) is 2. The number of nitrogens with one attached hydrogen (secondary N) is 1. The molecule has 1 heterocycles. The summed E-state index contributed by atoms with van der Waals surface area (Å²) in [7, 11) is 0. The van der Waals surface area contributed by atoms with Crippen LogP contribution in [0.4, 0.5) is 0 Å². The van der Waals surface area contributed by atoms with Crippen LogP contribution in [-0.4, -0.2) is 32.7 Å². The zero-order valence-corrected chi connectivity index (χ0v) is 12.8. The van der Waals surface area contributed by atoms with Crippen LogP contribution in [-0.2, 0) is 22.4 Å².